The first-order valence-electron chi connectivity index (χ1n) is 6.56. The highest BCUT2D eigenvalue weighted by atomic mass is 16.5. The molecule has 6 nitrogen and oxygen atoms in total. The number of nitrogens with zero attached hydrogens (tertiary/aromatic N) is 1. The molecule has 1 saturated carbocycles. The number of amides is 1. The number of methoxy groups -OCH3 is 1. The number of hydrogen-bond donors (Lipinski definition) is 2. The van der Waals surface area contributed by atoms with Crippen molar-refractivity contribution in [2.75, 3.05) is 7.11 Å². The molecule has 1 atom stereocenters. The molecule has 1 heterocycles. The van der Waals surface area contributed by atoms with E-state index in [0.717, 1.165) is 31.4 Å². The van der Waals surface area contributed by atoms with Gasteiger partial charge in [-0.2, -0.15) is 0 Å². The number of carbonyl (C=O) groups is 2. The molecule has 0 radical (unpaired) electrons. The summed E-state index contributed by atoms with van der Waals surface area (Å²) in [5, 5.41) is 2.79. The Hall–Kier alpha value is -1.85. The zero-order valence-electron chi connectivity index (χ0n) is 11.0. The average Bonchev–Trinajstić information content (AvgIpc) is 3.09. The molecule has 0 aliphatic heterocycles. The van der Waals surface area contributed by atoms with Crippen molar-refractivity contribution in [3.05, 3.63) is 18.2 Å². The summed E-state index contributed by atoms with van der Waals surface area (Å²) in [6.07, 6.45) is 7.53. The first-order valence-corrected chi connectivity index (χ1v) is 6.56. The van der Waals surface area contributed by atoms with Gasteiger partial charge >= 0.3 is 5.97 Å². The normalized spacial score (nSPS) is 17.1. The fourth-order valence-corrected chi connectivity index (χ4v) is 2.43. The smallest absolute Gasteiger partial charge is 0.328 e. The lowest BCUT2D eigenvalue weighted by Crippen LogP contribution is -2.45. The van der Waals surface area contributed by atoms with Gasteiger partial charge in [-0.25, -0.2) is 9.78 Å². The Labute approximate surface area is 111 Å². The second-order valence-electron chi connectivity index (χ2n) is 4.85. The predicted molar refractivity (Wildman–Crippen MR) is 68.2 cm³/mol. The van der Waals surface area contributed by atoms with E-state index < -0.39 is 12.0 Å². The zero-order valence-corrected chi connectivity index (χ0v) is 11.0. The Morgan fingerprint density at radius 3 is 2.84 bits per heavy atom. The van der Waals surface area contributed by atoms with Crippen molar-refractivity contribution in [2.45, 2.75) is 38.1 Å². The third-order valence-electron chi connectivity index (χ3n) is 3.51. The highest BCUT2D eigenvalue weighted by Crippen LogP contribution is 2.24. The minimum Gasteiger partial charge on any atom is -0.467 e. The predicted octanol–water partition coefficient (Wildman–Crippen LogP) is 0.800. The first kappa shape index (κ1) is 13.6. The molecule has 1 aliphatic rings. The first-order chi connectivity index (χ1) is 9.20. The molecule has 2 N–H and O–H groups in total. The summed E-state index contributed by atoms with van der Waals surface area (Å²) in [6.45, 7) is 0. The van der Waals surface area contributed by atoms with Crippen LogP contribution in [0.1, 0.15) is 31.4 Å². The van der Waals surface area contributed by atoms with Crippen LogP contribution in [0.15, 0.2) is 12.5 Å². The van der Waals surface area contributed by atoms with Gasteiger partial charge in [-0.1, -0.05) is 12.8 Å². The van der Waals surface area contributed by atoms with Crippen LogP contribution in [0.4, 0.5) is 0 Å². The number of aromatic amines is 1. The van der Waals surface area contributed by atoms with Crippen LogP contribution >= 0.6 is 0 Å². The number of imidazole rings is 1. The molecule has 0 bridgehead atoms. The summed E-state index contributed by atoms with van der Waals surface area (Å²) in [4.78, 5) is 30.6. The number of esters is 1. The van der Waals surface area contributed by atoms with Crippen LogP contribution in [0.5, 0.6) is 0 Å². The third kappa shape index (κ3) is 3.56. The average molecular weight is 265 g/mol. The number of carbonyl (C=O) groups excluding carboxylic acids is 2. The Morgan fingerprint density at radius 2 is 2.26 bits per heavy atom. The van der Waals surface area contributed by atoms with Crippen molar-refractivity contribution in [3.8, 4) is 0 Å². The van der Waals surface area contributed by atoms with Gasteiger partial charge in [-0.3, -0.25) is 4.79 Å². The van der Waals surface area contributed by atoms with Crippen molar-refractivity contribution in [2.24, 2.45) is 5.92 Å². The summed E-state index contributed by atoms with van der Waals surface area (Å²) in [5.74, 6) is -0.442. The van der Waals surface area contributed by atoms with Gasteiger partial charge in [-0.05, 0) is 12.8 Å². The highest BCUT2D eigenvalue weighted by Gasteiger charge is 2.28. The number of hydrogen-bond acceptors (Lipinski definition) is 4. The maximum Gasteiger partial charge on any atom is 0.328 e. The summed E-state index contributed by atoms with van der Waals surface area (Å²) in [5.41, 5.74) is 0.794. The minimum absolute atomic E-state index is 0.0360. The van der Waals surface area contributed by atoms with Crippen molar-refractivity contribution < 1.29 is 14.3 Å². The van der Waals surface area contributed by atoms with Gasteiger partial charge < -0.3 is 15.0 Å². The van der Waals surface area contributed by atoms with Crippen molar-refractivity contribution >= 4 is 11.9 Å². The van der Waals surface area contributed by atoms with Crippen LogP contribution in [0.25, 0.3) is 0 Å². The zero-order chi connectivity index (χ0) is 13.7. The molecule has 2 rings (SSSR count). The lowest BCUT2D eigenvalue weighted by Gasteiger charge is -2.18. The molecule has 6 heteroatoms. The SMILES string of the molecule is COC(=O)[C@H](Cc1cnc[nH]1)NC(=O)C1CCCC1. The summed E-state index contributed by atoms with van der Waals surface area (Å²) >= 11 is 0. The fourth-order valence-electron chi connectivity index (χ4n) is 2.43. The maximum atomic E-state index is 12.1. The van der Waals surface area contributed by atoms with E-state index in [2.05, 4.69) is 15.3 Å². The maximum absolute atomic E-state index is 12.1. The van der Waals surface area contributed by atoms with Crippen LogP contribution in [-0.4, -0.2) is 35.0 Å². The minimum atomic E-state index is -0.654. The Kier molecular flexibility index (Phi) is 4.54. The van der Waals surface area contributed by atoms with E-state index in [1.165, 1.54) is 7.11 Å². The number of nitrogens with one attached hydrogen (secondary N) is 2. The monoisotopic (exact) mass is 265 g/mol. The molecular weight excluding hydrogens is 246 g/mol. The van der Waals surface area contributed by atoms with Gasteiger partial charge in [0.15, 0.2) is 0 Å². The van der Waals surface area contributed by atoms with E-state index in [-0.39, 0.29) is 11.8 Å². The molecule has 19 heavy (non-hydrogen) atoms. The van der Waals surface area contributed by atoms with Crippen LogP contribution in [0.2, 0.25) is 0 Å². The van der Waals surface area contributed by atoms with E-state index >= 15 is 0 Å². The Morgan fingerprint density at radius 1 is 1.53 bits per heavy atom. The van der Waals surface area contributed by atoms with Crippen LogP contribution < -0.4 is 5.32 Å². The molecule has 1 amide bonds. The molecule has 1 aliphatic carbocycles. The quantitative estimate of drug-likeness (QED) is 0.771. The summed E-state index contributed by atoms with van der Waals surface area (Å²) < 4.78 is 4.74. The summed E-state index contributed by atoms with van der Waals surface area (Å²) in [7, 11) is 1.32. The largest absolute Gasteiger partial charge is 0.467 e. The van der Waals surface area contributed by atoms with Crippen molar-refractivity contribution in [1.82, 2.24) is 15.3 Å². The molecule has 0 unspecified atom stereocenters. The van der Waals surface area contributed by atoms with Gasteiger partial charge in [0, 0.05) is 24.2 Å². The summed E-state index contributed by atoms with van der Waals surface area (Å²) in [6, 6.07) is -0.654. The van der Waals surface area contributed by atoms with Crippen molar-refractivity contribution in [3.63, 3.8) is 0 Å². The molecule has 1 fully saturated rings. The van der Waals surface area contributed by atoms with Gasteiger partial charge in [0.1, 0.15) is 6.04 Å². The third-order valence-corrected chi connectivity index (χ3v) is 3.51. The van der Waals surface area contributed by atoms with Crippen LogP contribution in [-0.2, 0) is 20.7 Å². The van der Waals surface area contributed by atoms with Gasteiger partial charge in [-0.15, -0.1) is 0 Å². The van der Waals surface area contributed by atoms with Crippen LogP contribution in [0, 0.1) is 5.92 Å². The van der Waals surface area contributed by atoms with E-state index in [4.69, 9.17) is 4.74 Å². The molecule has 104 valence electrons. The van der Waals surface area contributed by atoms with E-state index in [9.17, 15) is 9.59 Å². The van der Waals surface area contributed by atoms with E-state index in [0.29, 0.717) is 6.42 Å². The van der Waals surface area contributed by atoms with Gasteiger partial charge in [0.2, 0.25) is 5.91 Å². The second kappa shape index (κ2) is 6.36. The standard InChI is InChI=1S/C13H19N3O3/c1-19-13(18)11(6-10-7-14-8-15-10)16-12(17)9-4-2-3-5-9/h7-9,11H,2-6H2,1H3,(H,14,15)(H,16,17)/t11-/m0/s1. The van der Waals surface area contributed by atoms with E-state index in [1.54, 1.807) is 12.5 Å². The second-order valence-corrected chi connectivity index (χ2v) is 4.85. The lowest BCUT2D eigenvalue weighted by molar-refractivity contribution is -0.145. The van der Waals surface area contributed by atoms with Crippen LogP contribution in [0.3, 0.4) is 0 Å². The Bertz CT molecular complexity index is 424. The highest BCUT2D eigenvalue weighted by molar-refractivity contribution is 5.86. The molecular formula is C13H19N3O3. The number of ether oxygens (including phenoxy) is 1. The van der Waals surface area contributed by atoms with Crippen molar-refractivity contribution in [1.29, 1.82) is 0 Å². The molecule has 0 saturated heterocycles. The number of aromatic nitrogens is 2. The number of rotatable bonds is 5. The van der Waals surface area contributed by atoms with Gasteiger partial charge in [0.25, 0.3) is 0 Å². The molecule has 1 aromatic heterocycles. The Balaban J connectivity index is 1.97. The van der Waals surface area contributed by atoms with E-state index in [1.807, 2.05) is 0 Å². The molecule has 0 aromatic carbocycles. The fraction of sp³-hybridized carbons (Fsp3) is 0.615. The molecule has 1 aromatic rings. The topological polar surface area (TPSA) is 84.1 Å². The lowest BCUT2D eigenvalue weighted by atomic mass is 10.1. The number of H-pyrrole nitrogens is 1. The van der Waals surface area contributed by atoms with Gasteiger partial charge in [0.05, 0.1) is 13.4 Å². The molecule has 0 spiro atoms.